The van der Waals surface area contributed by atoms with Crippen LogP contribution < -0.4 is 5.32 Å². The molecule has 2 unspecified atom stereocenters. The van der Waals surface area contributed by atoms with Crippen LogP contribution in [0.4, 0.5) is 4.79 Å². The maximum absolute atomic E-state index is 12.1. The Balaban J connectivity index is 0.00000420. The molecule has 170 valence electrons. The molecule has 0 bridgehead atoms. The second-order valence-electron chi connectivity index (χ2n) is 9.29. The molecule has 2 aliphatic heterocycles. The number of ether oxygens (including phenoxy) is 1. The molecule has 2 rings (SSSR count). The summed E-state index contributed by atoms with van der Waals surface area (Å²) in [5, 5.41) is 3.45. The van der Waals surface area contributed by atoms with Crippen molar-refractivity contribution in [2.24, 2.45) is 10.9 Å². The smallest absolute Gasteiger partial charge is 0.410 e. The van der Waals surface area contributed by atoms with Crippen molar-refractivity contribution in [1.29, 1.82) is 0 Å². The summed E-state index contributed by atoms with van der Waals surface area (Å²) in [6.07, 6.45) is 3.63. The van der Waals surface area contributed by atoms with E-state index in [-0.39, 0.29) is 36.0 Å². The first kappa shape index (κ1) is 26.3. The Morgan fingerprint density at radius 3 is 2.52 bits per heavy atom. The third kappa shape index (κ3) is 8.86. The van der Waals surface area contributed by atoms with Gasteiger partial charge < -0.3 is 19.9 Å². The van der Waals surface area contributed by atoms with Crippen LogP contribution in [0.25, 0.3) is 0 Å². The third-order valence-corrected chi connectivity index (χ3v) is 5.30. The molecular formula is C21H42IN5O2. The first-order valence-electron chi connectivity index (χ1n) is 10.9. The summed E-state index contributed by atoms with van der Waals surface area (Å²) in [6.45, 7) is 16.7. The monoisotopic (exact) mass is 523 g/mol. The van der Waals surface area contributed by atoms with Crippen molar-refractivity contribution in [3.63, 3.8) is 0 Å². The molecule has 29 heavy (non-hydrogen) atoms. The number of hydrogen-bond donors (Lipinski definition) is 1. The lowest BCUT2D eigenvalue weighted by Crippen LogP contribution is -2.43. The Morgan fingerprint density at radius 2 is 1.93 bits per heavy atom. The molecule has 8 heteroatoms. The van der Waals surface area contributed by atoms with Crippen LogP contribution in [0.3, 0.4) is 0 Å². The van der Waals surface area contributed by atoms with Gasteiger partial charge >= 0.3 is 6.09 Å². The van der Waals surface area contributed by atoms with Crippen molar-refractivity contribution in [1.82, 2.24) is 20.0 Å². The van der Waals surface area contributed by atoms with E-state index in [0.717, 1.165) is 25.6 Å². The van der Waals surface area contributed by atoms with Crippen LogP contribution in [0.5, 0.6) is 0 Å². The van der Waals surface area contributed by atoms with Crippen LogP contribution >= 0.6 is 24.0 Å². The summed E-state index contributed by atoms with van der Waals surface area (Å²) in [6, 6.07) is 0.669. The molecule has 0 aromatic rings. The van der Waals surface area contributed by atoms with Gasteiger partial charge in [0.05, 0.1) is 0 Å². The molecular weight excluding hydrogens is 481 g/mol. The van der Waals surface area contributed by atoms with Crippen molar-refractivity contribution in [3.05, 3.63) is 0 Å². The maximum atomic E-state index is 12.1. The van der Waals surface area contributed by atoms with Crippen LogP contribution in [0.1, 0.15) is 53.9 Å². The number of hydrogen-bond acceptors (Lipinski definition) is 4. The lowest BCUT2D eigenvalue weighted by atomic mass is 10.2. The van der Waals surface area contributed by atoms with Crippen LogP contribution in [-0.2, 0) is 4.74 Å². The normalized spacial score (nSPS) is 21.7. The van der Waals surface area contributed by atoms with Gasteiger partial charge in [-0.05, 0) is 66.0 Å². The summed E-state index contributed by atoms with van der Waals surface area (Å²) < 4.78 is 5.43. The summed E-state index contributed by atoms with van der Waals surface area (Å²) in [7, 11) is 1.79. The predicted octanol–water partition coefficient (Wildman–Crippen LogP) is 3.24. The van der Waals surface area contributed by atoms with Gasteiger partial charge in [-0.3, -0.25) is 9.89 Å². The van der Waals surface area contributed by atoms with Gasteiger partial charge in [0.25, 0.3) is 0 Å². The van der Waals surface area contributed by atoms with Crippen molar-refractivity contribution in [2.45, 2.75) is 65.5 Å². The fourth-order valence-electron chi connectivity index (χ4n) is 3.95. The number of nitrogens with zero attached hydrogens (tertiary/aromatic N) is 4. The van der Waals surface area contributed by atoms with Gasteiger partial charge in [-0.2, -0.15) is 0 Å². The molecule has 0 aromatic carbocycles. The van der Waals surface area contributed by atoms with E-state index < -0.39 is 5.60 Å². The second kappa shape index (κ2) is 12.2. The van der Waals surface area contributed by atoms with Crippen molar-refractivity contribution < 1.29 is 9.53 Å². The molecule has 7 nitrogen and oxygen atoms in total. The highest BCUT2D eigenvalue weighted by Crippen LogP contribution is 2.20. The zero-order valence-electron chi connectivity index (χ0n) is 19.2. The number of nitrogens with one attached hydrogen (secondary N) is 1. The minimum atomic E-state index is -0.466. The Kier molecular flexibility index (Phi) is 11.0. The molecule has 2 saturated heterocycles. The van der Waals surface area contributed by atoms with Crippen LogP contribution in [0.15, 0.2) is 4.99 Å². The topological polar surface area (TPSA) is 60.4 Å². The lowest BCUT2D eigenvalue weighted by Gasteiger charge is -2.27. The van der Waals surface area contributed by atoms with Crippen LogP contribution in [0, 0.1) is 5.92 Å². The molecule has 0 radical (unpaired) electrons. The summed E-state index contributed by atoms with van der Waals surface area (Å²) in [5.41, 5.74) is -0.466. The van der Waals surface area contributed by atoms with Gasteiger partial charge in [-0.15, -0.1) is 24.0 Å². The minimum absolute atomic E-state index is 0. The van der Waals surface area contributed by atoms with E-state index in [4.69, 9.17) is 9.73 Å². The summed E-state index contributed by atoms with van der Waals surface area (Å²) >= 11 is 0. The quantitative estimate of drug-likeness (QED) is 0.329. The van der Waals surface area contributed by atoms with E-state index in [1.807, 2.05) is 20.8 Å². The van der Waals surface area contributed by atoms with Gasteiger partial charge in [0, 0.05) is 45.8 Å². The summed E-state index contributed by atoms with van der Waals surface area (Å²) in [4.78, 5) is 23.7. The predicted molar refractivity (Wildman–Crippen MR) is 130 cm³/mol. The maximum Gasteiger partial charge on any atom is 0.410 e. The highest BCUT2D eigenvalue weighted by molar-refractivity contribution is 14.0. The highest BCUT2D eigenvalue weighted by Gasteiger charge is 2.30. The third-order valence-electron chi connectivity index (χ3n) is 5.30. The van der Waals surface area contributed by atoms with E-state index in [1.54, 1.807) is 11.9 Å². The largest absolute Gasteiger partial charge is 0.444 e. The number of halogens is 1. The fourth-order valence-corrected chi connectivity index (χ4v) is 3.95. The Hall–Kier alpha value is -0.770. The number of rotatable bonds is 6. The first-order chi connectivity index (χ1) is 13.2. The second-order valence-corrected chi connectivity index (χ2v) is 9.29. The molecule has 1 amide bonds. The number of guanidine groups is 1. The lowest BCUT2D eigenvalue weighted by molar-refractivity contribution is 0.0279. The van der Waals surface area contributed by atoms with Crippen molar-refractivity contribution in [3.8, 4) is 0 Å². The van der Waals surface area contributed by atoms with Crippen LogP contribution in [0.2, 0.25) is 0 Å². The Morgan fingerprint density at radius 1 is 1.28 bits per heavy atom. The standard InChI is InChI=1S/C21H41N5O2.HI/c1-7-22-19(26-13-10-18(16-26)25-11-8-9-12-25)23-14-17(2)15-24(6)20(27)28-21(3,4)5;/h17-18H,7-16H2,1-6H3,(H,22,23);1H. The Labute approximate surface area is 194 Å². The number of likely N-dealkylation sites (tertiary alicyclic amines) is 2. The number of carbonyl (C=O) groups is 1. The Bertz CT molecular complexity index is 532. The molecule has 2 aliphatic rings. The number of carbonyl (C=O) groups excluding carboxylic acids is 1. The molecule has 0 saturated carbocycles. The fraction of sp³-hybridized carbons (Fsp3) is 0.905. The molecule has 2 heterocycles. The molecule has 2 atom stereocenters. The van der Waals surface area contributed by atoms with Crippen molar-refractivity contribution in [2.75, 3.05) is 52.9 Å². The van der Waals surface area contributed by atoms with Crippen LogP contribution in [-0.4, -0.2) is 91.3 Å². The van der Waals surface area contributed by atoms with E-state index in [9.17, 15) is 4.79 Å². The average molecular weight is 524 g/mol. The minimum Gasteiger partial charge on any atom is -0.444 e. The molecule has 0 aliphatic carbocycles. The van der Waals surface area contributed by atoms with Gasteiger partial charge in [0.2, 0.25) is 0 Å². The van der Waals surface area contributed by atoms with Crippen molar-refractivity contribution >= 4 is 36.0 Å². The van der Waals surface area contributed by atoms with Gasteiger partial charge in [0.15, 0.2) is 5.96 Å². The van der Waals surface area contributed by atoms with Gasteiger partial charge in [-0.1, -0.05) is 6.92 Å². The molecule has 2 fully saturated rings. The average Bonchev–Trinajstić information content (AvgIpc) is 3.27. The van der Waals surface area contributed by atoms with E-state index >= 15 is 0 Å². The molecule has 1 N–H and O–H groups in total. The highest BCUT2D eigenvalue weighted by atomic mass is 127. The first-order valence-corrected chi connectivity index (χ1v) is 10.9. The summed E-state index contributed by atoms with van der Waals surface area (Å²) in [5.74, 6) is 1.28. The number of amides is 1. The van der Waals surface area contributed by atoms with E-state index in [2.05, 4.69) is 29.0 Å². The van der Waals surface area contributed by atoms with E-state index in [0.29, 0.717) is 19.1 Å². The van der Waals surface area contributed by atoms with Gasteiger partial charge in [-0.25, -0.2) is 4.79 Å². The number of aliphatic imine (C=N–C) groups is 1. The zero-order valence-corrected chi connectivity index (χ0v) is 21.6. The SMILES string of the molecule is CCNC(=NCC(C)CN(C)C(=O)OC(C)(C)C)N1CCC(N2CCCC2)C1.I. The molecule has 0 aromatic heterocycles. The van der Waals surface area contributed by atoms with E-state index in [1.165, 1.54) is 32.4 Å². The molecule has 0 spiro atoms. The zero-order chi connectivity index (χ0) is 20.7. The van der Waals surface area contributed by atoms with Gasteiger partial charge in [0.1, 0.15) is 5.60 Å².